The van der Waals surface area contributed by atoms with Crippen LogP contribution in [-0.4, -0.2) is 42.4 Å². The summed E-state index contributed by atoms with van der Waals surface area (Å²) in [5.74, 6) is 0.705. The van der Waals surface area contributed by atoms with Gasteiger partial charge in [-0.3, -0.25) is 5.32 Å². The minimum absolute atomic E-state index is 0.167. The van der Waals surface area contributed by atoms with Crippen molar-refractivity contribution in [2.45, 2.75) is 58.3 Å². The maximum absolute atomic E-state index is 5.87. The standard InChI is InChI=1S/C13H26N2O/c1-10(2)15-7-5-11(6-8-15)12-14-13(3,4)9-16-12/h10-12,14H,5-9H2,1-4H3. The quantitative estimate of drug-likeness (QED) is 0.777. The summed E-state index contributed by atoms with van der Waals surface area (Å²) in [6.45, 7) is 12.3. The summed E-state index contributed by atoms with van der Waals surface area (Å²) in [4.78, 5) is 2.57. The lowest BCUT2D eigenvalue weighted by Gasteiger charge is -2.36. The van der Waals surface area contributed by atoms with Crippen LogP contribution in [-0.2, 0) is 4.74 Å². The van der Waals surface area contributed by atoms with Gasteiger partial charge in [-0.1, -0.05) is 0 Å². The van der Waals surface area contributed by atoms with Gasteiger partial charge >= 0.3 is 0 Å². The monoisotopic (exact) mass is 226 g/mol. The summed E-state index contributed by atoms with van der Waals surface area (Å²) in [5.41, 5.74) is 0.167. The van der Waals surface area contributed by atoms with Gasteiger partial charge in [0.25, 0.3) is 0 Å². The molecule has 0 bridgehead atoms. The Morgan fingerprint density at radius 1 is 1.25 bits per heavy atom. The van der Waals surface area contributed by atoms with Crippen molar-refractivity contribution in [2.75, 3.05) is 19.7 Å². The van der Waals surface area contributed by atoms with Gasteiger partial charge in [-0.05, 0) is 53.6 Å². The van der Waals surface area contributed by atoms with E-state index in [0.717, 1.165) is 6.61 Å². The fourth-order valence-corrected chi connectivity index (χ4v) is 2.76. The molecule has 0 amide bonds. The highest BCUT2D eigenvalue weighted by Crippen LogP contribution is 2.27. The molecule has 0 radical (unpaired) electrons. The first-order valence-electron chi connectivity index (χ1n) is 6.61. The lowest BCUT2D eigenvalue weighted by atomic mass is 9.94. The molecule has 2 rings (SSSR count). The Morgan fingerprint density at radius 2 is 1.88 bits per heavy atom. The number of nitrogens with zero attached hydrogens (tertiary/aromatic N) is 1. The van der Waals surface area contributed by atoms with E-state index in [-0.39, 0.29) is 5.54 Å². The van der Waals surface area contributed by atoms with Crippen LogP contribution in [0.1, 0.15) is 40.5 Å². The number of hydrogen-bond donors (Lipinski definition) is 1. The molecule has 2 saturated heterocycles. The van der Waals surface area contributed by atoms with Gasteiger partial charge < -0.3 is 9.64 Å². The first-order chi connectivity index (χ1) is 7.48. The van der Waals surface area contributed by atoms with E-state index < -0.39 is 0 Å². The van der Waals surface area contributed by atoms with E-state index in [2.05, 4.69) is 37.9 Å². The van der Waals surface area contributed by atoms with Crippen LogP contribution < -0.4 is 5.32 Å². The van der Waals surface area contributed by atoms with Gasteiger partial charge in [-0.15, -0.1) is 0 Å². The van der Waals surface area contributed by atoms with Crippen LogP contribution in [0.4, 0.5) is 0 Å². The molecule has 3 heteroatoms. The Balaban J connectivity index is 1.81. The van der Waals surface area contributed by atoms with Gasteiger partial charge in [0.2, 0.25) is 0 Å². The third-order valence-electron chi connectivity index (χ3n) is 3.89. The average Bonchev–Trinajstić information content (AvgIpc) is 2.59. The number of nitrogens with one attached hydrogen (secondary N) is 1. The van der Waals surface area contributed by atoms with Gasteiger partial charge in [0.1, 0.15) is 6.23 Å². The van der Waals surface area contributed by atoms with Crippen molar-refractivity contribution in [2.24, 2.45) is 5.92 Å². The molecule has 0 aliphatic carbocycles. The molecule has 0 aromatic rings. The zero-order valence-corrected chi connectivity index (χ0v) is 11.1. The summed E-state index contributed by atoms with van der Waals surface area (Å²) >= 11 is 0. The summed E-state index contributed by atoms with van der Waals surface area (Å²) in [5, 5.41) is 3.60. The second kappa shape index (κ2) is 4.63. The zero-order valence-electron chi connectivity index (χ0n) is 11.1. The van der Waals surface area contributed by atoms with Crippen molar-refractivity contribution < 1.29 is 4.74 Å². The minimum atomic E-state index is 0.167. The molecule has 0 aromatic carbocycles. The summed E-state index contributed by atoms with van der Waals surface area (Å²) < 4.78 is 5.87. The van der Waals surface area contributed by atoms with Crippen LogP contribution in [0.15, 0.2) is 0 Å². The van der Waals surface area contributed by atoms with Gasteiger partial charge in [0.05, 0.1) is 6.61 Å². The van der Waals surface area contributed by atoms with Crippen molar-refractivity contribution in [3.05, 3.63) is 0 Å². The third-order valence-corrected chi connectivity index (χ3v) is 3.89. The lowest BCUT2D eigenvalue weighted by molar-refractivity contribution is 0.0166. The molecule has 1 N–H and O–H groups in total. The first kappa shape index (κ1) is 12.3. The average molecular weight is 226 g/mol. The number of rotatable bonds is 2. The Kier molecular flexibility index (Phi) is 3.57. The fourth-order valence-electron chi connectivity index (χ4n) is 2.76. The van der Waals surface area contributed by atoms with Crippen LogP contribution in [0, 0.1) is 5.92 Å². The Bertz CT molecular complexity index is 232. The van der Waals surface area contributed by atoms with Crippen LogP contribution in [0.5, 0.6) is 0 Å². The predicted octanol–water partition coefficient (Wildman–Crippen LogP) is 1.83. The van der Waals surface area contributed by atoms with E-state index in [1.54, 1.807) is 0 Å². The molecule has 3 nitrogen and oxygen atoms in total. The topological polar surface area (TPSA) is 24.5 Å². The van der Waals surface area contributed by atoms with Crippen LogP contribution in [0.3, 0.4) is 0 Å². The van der Waals surface area contributed by atoms with Crippen molar-refractivity contribution >= 4 is 0 Å². The number of ether oxygens (including phenoxy) is 1. The molecule has 94 valence electrons. The van der Waals surface area contributed by atoms with Crippen LogP contribution in [0.25, 0.3) is 0 Å². The van der Waals surface area contributed by atoms with E-state index in [9.17, 15) is 0 Å². The molecule has 0 aromatic heterocycles. The second-order valence-corrected chi connectivity index (χ2v) is 6.23. The highest BCUT2D eigenvalue weighted by Gasteiger charge is 2.37. The first-order valence-corrected chi connectivity index (χ1v) is 6.61. The molecule has 16 heavy (non-hydrogen) atoms. The molecular formula is C13H26N2O. The highest BCUT2D eigenvalue weighted by atomic mass is 16.5. The molecule has 2 aliphatic rings. The normalized spacial score (nSPS) is 32.4. The van der Waals surface area contributed by atoms with Gasteiger partial charge in [-0.25, -0.2) is 0 Å². The van der Waals surface area contributed by atoms with E-state index in [1.165, 1.54) is 25.9 Å². The van der Waals surface area contributed by atoms with Gasteiger partial charge in [-0.2, -0.15) is 0 Å². The Morgan fingerprint density at radius 3 is 2.31 bits per heavy atom. The largest absolute Gasteiger partial charge is 0.361 e. The Labute approximate surface area is 99.5 Å². The van der Waals surface area contributed by atoms with Crippen molar-refractivity contribution in [1.82, 2.24) is 10.2 Å². The molecule has 1 unspecified atom stereocenters. The molecular weight excluding hydrogens is 200 g/mol. The molecule has 2 fully saturated rings. The molecule has 0 spiro atoms. The SMILES string of the molecule is CC(C)N1CCC(C2NC(C)(C)CO2)CC1. The molecule has 1 atom stereocenters. The van der Waals surface area contributed by atoms with Crippen molar-refractivity contribution in [1.29, 1.82) is 0 Å². The predicted molar refractivity (Wildman–Crippen MR) is 66.4 cm³/mol. The van der Waals surface area contributed by atoms with Crippen molar-refractivity contribution in [3.8, 4) is 0 Å². The van der Waals surface area contributed by atoms with Gasteiger partial charge in [0, 0.05) is 17.5 Å². The minimum Gasteiger partial charge on any atom is -0.361 e. The number of hydrogen-bond acceptors (Lipinski definition) is 3. The van der Waals surface area contributed by atoms with E-state index in [1.807, 2.05) is 0 Å². The van der Waals surface area contributed by atoms with Crippen molar-refractivity contribution in [3.63, 3.8) is 0 Å². The van der Waals surface area contributed by atoms with Crippen LogP contribution in [0.2, 0.25) is 0 Å². The van der Waals surface area contributed by atoms with Crippen LogP contribution >= 0.6 is 0 Å². The number of piperidine rings is 1. The zero-order chi connectivity index (χ0) is 11.8. The van der Waals surface area contributed by atoms with E-state index >= 15 is 0 Å². The smallest absolute Gasteiger partial charge is 0.111 e. The van der Waals surface area contributed by atoms with E-state index in [0.29, 0.717) is 18.2 Å². The second-order valence-electron chi connectivity index (χ2n) is 6.23. The Hall–Kier alpha value is -0.120. The summed E-state index contributed by atoms with van der Waals surface area (Å²) in [7, 11) is 0. The lowest BCUT2D eigenvalue weighted by Crippen LogP contribution is -2.47. The number of likely N-dealkylation sites (tertiary alicyclic amines) is 1. The summed E-state index contributed by atoms with van der Waals surface area (Å²) in [6.07, 6.45) is 2.84. The fraction of sp³-hybridized carbons (Fsp3) is 1.00. The third kappa shape index (κ3) is 2.76. The van der Waals surface area contributed by atoms with Gasteiger partial charge in [0.15, 0.2) is 0 Å². The molecule has 2 heterocycles. The van der Waals surface area contributed by atoms with E-state index in [4.69, 9.17) is 4.74 Å². The maximum Gasteiger partial charge on any atom is 0.111 e. The highest BCUT2D eigenvalue weighted by molar-refractivity contribution is 4.89. The summed E-state index contributed by atoms with van der Waals surface area (Å²) in [6, 6.07) is 0.690. The molecule has 0 saturated carbocycles. The maximum atomic E-state index is 5.87. The molecule has 2 aliphatic heterocycles.